The minimum Gasteiger partial charge on any atom is -0.492 e. The van der Waals surface area contributed by atoms with Crippen LogP contribution in [0.2, 0.25) is 10.0 Å². The molecule has 180 valence electrons. The Morgan fingerprint density at radius 2 is 1.73 bits per heavy atom. The van der Waals surface area contributed by atoms with E-state index in [9.17, 15) is 26.4 Å². The average molecular weight is 525 g/mol. The van der Waals surface area contributed by atoms with Crippen molar-refractivity contribution in [3.05, 3.63) is 52.0 Å². The van der Waals surface area contributed by atoms with Crippen LogP contribution in [-0.4, -0.2) is 38.3 Å². The van der Waals surface area contributed by atoms with E-state index in [2.05, 4.69) is 5.32 Å². The maximum atomic E-state index is 13.3. The number of hydrogen-bond donors (Lipinski definition) is 1. The maximum absolute atomic E-state index is 13.3. The number of carbonyl (C=O) groups excluding carboxylic acids is 1. The molecule has 6 nitrogen and oxygen atoms in total. The van der Waals surface area contributed by atoms with Crippen molar-refractivity contribution in [2.45, 2.75) is 30.8 Å². The van der Waals surface area contributed by atoms with Crippen molar-refractivity contribution in [3.63, 3.8) is 0 Å². The molecule has 0 radical (unpaired) electrons. The van der Waals surface area contributed by atoms with E-state index < -0.39 is 39.3 Å². The summed E-state index contributed by atoms with van der Waals surface area (Å²) in [6.07, 6.45) is -4.41. The summed E-state index contributed by atoms with van der Waals surface area (Å²) in [7, 11) is -3.95. The van der Waals surface area contributed by atoms with Gasteiger partial charge in [0.25, 0.3) is 0 Å². The van der Waals surface area contributed by atoms with Crippen LogP contribution >= 0.6 is 23.2 Å². The molecule has 33 heavy (non-hydrogen) atoms. The fraction of sp³-hybridized carbons (Fsp3) is 0.381. The Labute approximate surface area is 199 Å². The number of benzene rings is 2. The lowest BCUT2D eigenvalue weighted by molar-refractivity contribution is -0.137. The molecule has 2 aromatic rings. The van der Waals surface area contributed by atoms with Crippen LogP contribution in [0.15, 0.2) is 41.3 Å². The molecule has 12 heteroatoms. The van der Waals surface area contributed by atoms with Gasteiger partial charge in [0.2, 0.25) is 15.9 Å². The van der Waals surface area contributed by atoms with E-state index in [0.717, 1.165) is 12.1 Å². The topological polar surface area (TPSA) is 75.7 Å². The molecule has 1 amide bonds. The summed E-state index contributed by atoms with van der Waals surface area (Å²) in [5, 5.41) is 2.44. The minimum atomic E-state index is -4.69. The smallest absolute Gasteiger partial charge is 0.418 e. The van der Waals surface area contributed by atoms with Crippen LogP contribution in [0, 0.1) is 5.92 Å². The Morgan fingerprint density at radius 1 is 1.12 bits per heavy atom. The molecule has 1 N–H and O–H groups in total. The lowest BCUT2D eigenvalue weighted by atomic mass is 9.97. The first-order chi connectivity index (χ1) is 15.4. The number of alkyl halides is 3. The van der Waals surface area contributed by atoms with Crippen LogP contribution in [0.4, 0.5) is 18.9 Å². The number of nitrogens with one attached hydrogen (secondary N) is 1. The largest absolute Gasteiger partial charge is 0.492 e. The number of carbonyl (C=O) groups is 1. The Kier molecular flexibility index (Phi) is 7.83. The highest BCUT2D eigenvalue weighted by Gasteiger charge is 2.37. The van der Waals surface area contributed by atoms with E-state index in [1.54, 1.807) is 6.92 Å². The SMILES string of the molecule is CCOc1ccc(Cl)cc1S(=O)(=O)N1CCC(C(=O)Nc2ccc(Cl)cc2C(F)(F)F)CC1. The number of rotatable bonds is 6. The fourth-order valence-electron chi connectivity index (χ4n) is 3.55. The first-order valence-corrected chi connectivity index (χ1v) is 12.2. The molecular weight excluding hydrogens is 504 g/mol. The summed E-state index contributed by atoms with van der Waals surface area (Å²) < 4.78 is 72.7. The number of halogens is 5. The van der Waals surface area contributed by atoms with Crippen LogP contribution in [0.3, 0.4) is 0 Å². The lowest BCUT2D eigenvalue weighted by Crippen LogP contribution is -2.41. The van der Waals surface area contributed by atoms with Crippen LogP contribution in [0.1, 0.15) is 25.3 Å². The molecule has 0 spiro atoms. The third kappa shape index (κ3) is 5.92. The van der Waals surface area contributed by atoms with Gasteiger partial charge in [0.15, 0.2) is 0 Å². The molecule has 1 fully saturated rings. The first kappa shape index (κ1) is 25.6. The van der Waals surface area contributed by atoms with Crippen molar-refractivity contribution < 1.29 is 31.1 Å². The maximum Gasteiger partial charge on any atom is 0.418 e. The van der Waals surface area contributed by atoms with Crippen LogP contribution in [-0.2, 0) is 21.0 Å². The van der Waals surface area contributed by atoms with Gasteiger partial charge in [-0.15, -0.1) is 0 Å². The summed E-state index contributed by atoms with van der Waals surface area (Å²) in [6, 6.07) is 7.39. The number of ether oxygens (including phenoxy) is 1. The second-order valence-electron chi connectivity index (χ2n) is 7.38. The van der Waals surface area contributed by atoms with E-state index in [-0.39, 0.29) is 53.2 Å². The Bertz CT molecular complexity index is 1130. The van der Waals surface area contributed by atoms with E-state index in [4.69, 9.17) is 27.9 Å². The van der Waals surface area contributed by atoms with Gasteiger partial charge in [-0.1, -0.05) is 23.2 Å². The van der Waals surface area contributed by atoms with Crippen molar-refractivity contribution in [2.75, 3.05) is 25.0 Å². The van der Waals surface area contributed by atoms with E-state index in [1.165, 1.54) is 28.6 Å². The number of piperidine rings is 1. The summed E-state index contributed by atoms with van der Waals surface area (Å²) >= 11 is 11.6. The zero-order chi connectivity index (χ0) is 24.4. The molecule has 2 aromatic carbocycles. The van der Waals surface area contributed by atoms with Crippen molar-refractivity contribution >= 4 is 44.8 Å². The lowest BCUT2D eigenvalue weighted by Gasteiger charge is -2.31. The molecule has 0 unspecified atom stereocenters. The summed E-state index contributed by atoms with van der Waals surface area (Å²) in [5.74, 6) is -1.10. The van der Waals surface area contributed by atoms with Crippen molar-refractivity contribution in [2.24, 2.45) is 5.92 Å². The second-order valence-corrected chi connectivity index (χ2v) is 10.2. The molecule has 1 heterocycles. The highest BCUT2D eigenvalue weighted by Crippen LogP contribution is 2.37. The number of nitrogens with zero attached hydrogens (tertiary/aromatic N) is 1. The molecule has 1 saturated heterocycles. The number of hydrogen-bond acceptors (Lipinski definition) is 4. The van der Waals surface area contributed by atoms with Gasteiger partial charge >= 0.3 is 6.18 Å². The highest BCUT2D eigenvalue weighted by atomic mass is 35.5. The Hall–Kier alpha value is -2.01. The molecule has 1 aliphatic heterocycles. The number of sulfonamides is 1. The third-order valence-corrected chi connectivity index (χ3v) is 7.58. The molecule has 1 aliphatic rings. The second kappa shape index (κ2) is 10.1. The molecule has 0 aromatic heterocycles. The first-order valence-electron chi connectivity index (χ1n) is 10.0. The van der Waals surface area contributed by atoms with Gasteiger partial charge in [-0.05, 0) is 56.2 Å². The van der Waals surface area contributed by atoms with E-state index >= 15 is 0 Å². The molecule has 0 bridgehead atoms. The summed E-state index contributed by atoms with van der Waals surface area (Å²) in [4.78, 5) is 12.6. The minimum absolute atomic E-state index is 0.0191. The van der Waals surface area contributed by atoms with Gasteiger partial charge in [-0.25, -0.2) is 8.42 Å². The zero-order valence-corrected chi connectivity index (χ0v) is 19.8. The third-order valence-electron chi connectivity index (χ3n) is 5.19. The molecule has 3 rings (SSSR count). The quantitative estimate of drug-likeness (QED) is 0.545. The summed E-state index contributed by atoms with van der Waals surface area (Å²) in [5.41, 5.74) is -1.44. The Morgan fingerprint density at radius 3 is 2.33 bits per heavy atom. The molecule has 0 atom stereocenters. The van der Waals surface area contributed by atoms with Crippen molar-refractivity contribution in [1.82, 2.24) is 4.31 Å². The molecule has 0 aliphatic carbocycles. The molecular formula is C21H21Cl2F3N2O4S. The predicted octanol–water partition coefficient (Wildman–Crippen LogP) is 5.45. The highest BCUT2D eigenvalue weighted by molar-refractivity contribution is 7.89. The van der Waals surface area contributed by atoms with Gasteiger partial charge in [-0.2, -0.15) is 17.5 Å². The monoisotopic (exact) mass is 524 g/mol. The summed E-state index contributed by atoms with van der Waals surface area (Å²) in [6.45, 7) is 2.02. The molecule has 0 saturated carbocycles. The van der Waals surface area contributed by atoms with Gasteiger partial charge in [0.05, 0.1) is 17.9 Å². The van der Waals surface area contributed by atoms with Gasteiger partial charge in [-0.3, -0.25) is 4.79 Å². The van der Waals surface area contributed by atoms with Crippen LogP contribution in [0.25, 0.3) is 0 Å². The standard InChI is InChI=1S/C21H21Cl2F3N2O4S/c1-2-32-18-6-4-15(23)12-19(18)33(30,31)28-9-7-13(8-10-28)20(29)27-17-5-3-14(22)11-16(17)21(24,25)26/h3-6,11-13H,2,7-10H2,1H3,(H,27,29). The van der Waals surface area contributed by atoms with Crippen molar-refractivity contribution in [1.29, 1.82) is 0 Å². The van der Waals surface area contributed by atoms with Gasteiger partial charge in [0, 0.05) is 29.1 Å². The van der Waals surface area contributed by atoms with Crippen LogP contribution in [0.5, 0.6) is 5.75 Å². The van der Waals surface area contributed by atoms with E-state index in [0.29, 0.717) is 0 Å². The predicted molar refractivity (Wildman–Crippen MR) is 119 cm³/mol. The van der Waals surface area contributed by atoms with Crippen molar-refractivity contribution in [3.8, 4) is 5.75 Å². The fourth-order valence-corrected chi connectivity index (χ4v) is 5.59. The van der Waals surface area contributed by atoms with E-state index in [1.807, 2.05) is 0 Å². The van der Waals surface area contributed by atoms with Gasteiger partial charge < -0.3 is 10.1 Å². The Balaban J connectivity index is 1.72. The van der Waals surface area contributed by atoms with Crippen LogP contribution < -0.4 is 10.1 Å². The average Bonchev–Trinajstić information content (AvgIpc) is 2.75. The normalized spacial score (nSPS) is 15.9. The number of amides is 1. The van der Waals surface area contributed by atoms with Gasteiger partial charge in [0.1, 0.15) is 10.6 Å². The zero-order valence-electron chi connectivity index (χ0n) is 17.5. The number of anilines is 1.